The van der Waals surface area contributed by atoms with Crippen LogP contribution in [0, 0.1) is 11.7 Å². The Morgan fingerprint density at radius 3 is 2.42 bits per heavy atom. The molecule has 130 valence electrons. The van der Waals surface area contributed by atoms with Crippen LogP contribution in [0.1, 0.15) is 27.2 Å². The fourth-order valence-corrected chi connectivity index (χ4v) is 3.38. The fourth-order valence-electron chi connectivity index (χ4n) is 2.41. The molecule has 24 heavy (non-hydrogen) atoms. The van der Waals surface area contributed by atoms with E-state index < -0.39 is 17.3 Å². The summed E-state index contributed by atoms with van der Waals surface area (Å²) in [7, 11) is 0. The minimum absolute atomic E-state index is 0.0217. The molecule has 1 aromatic rings. The molecule has 1 fully saturated rings. The van der Waals surface area contributed by atoms with Crippen molar-refractivity contribution in [2.45, 2.75) is 32.7 Å². The van der Waals surface area contributed by atoms with Crippen LogP contribution >= 0.6 is 11.8 Å². The Morgan fingerprint density at radius 2 is 1.92 bits per heavy atom. The minimum atomic E-state index is -0.449. The first-order valence-corrected chi connectivity index (χ1v) is 8.68. The Bertz CT molecular complexity index is 640. The number of hydrogen-bond acceptors (Lipinski definition) is 4. The van der Waals surface area contributed by atoms with Gasteiger partial charge in [-0.05, 0) is 45.0 Å². The lowest BCUT2D eigenvalue weighted by atomic mass is 10.1. The number of carbonyl (C=O) groups is 3. The van der Waals surface area contributed by atoms with E-state index in [9.17, 15) is 18.8 Å². The Balaban J connectivity index is 2.21. The second kappa shape index (κ2) is 7.34. The molecular formula is C17H21FN2O3S. The lowest BCUT2D eigenvalue weighted by Crippen LogP contribution is -2.48. The summed E-state index contributed by atoms with van der Waals surface area (Å²) in [6, 6.07) is 5.40. The van der Waals surface area contributed by atoms with Crippen LogP contribution in [0.15, 0.2) is 24.3 Å². The van der Waals surface area contributed by atoms with Gasteiger partial charge in [0.25, 0.3) is 0 Å². The van der Waals surface area contributed by atoms with Gasteiger partial charge in [0.15, 0.2) is 5.12 Å². The van der Waals surface area contributed by atoms with E-state index >= 15 is 0 Å². The van der Waals surface area contributed by atoms with Gasteiger partial charge in [0, 0.05) is 23.4 Å². The summed E-state index contributed by atoms with van der Waals surface area (Å²) in [4.78, 5) is 37.8. The van der Waals surface area contributed by atoms with Crippen LogP contribution in [0.5, 0.6) is 0 Å². The van der Waals surface area contributed by atoms with Crippen molar-refractivity contribution in [3.05, 3.63) is 30.1 Å². The third-order valence-electron chi connectivity index (χ3n) is 3.43. The molecule has 1 saturated heterocycles. The lowest BCUT2D eigenvalue weighted by molar-refractivity contribution is -0.126. The van der Waals surface area contributed by atoms with Gasteiger partial charge in [-0.1, -0.05) is 11.8 Å². The molecule has 5 nitrogen and oxygen atoms in total. The molecule has 0 bridgehead atoms. The Hall–Kier alpha value is -1.89. The molecule has 0 spiro atoms. The molecule has 1 heterocycles. The number of amides is 2. The summed E-state index contributed by atoms with van der Waals surface area (Å²) in [5, 5.41) is 2.78. The van der Waals surface area contributed by atoms with Gasteiger partial charge in [-0.15, -0.1) is 0 Å². The molecule has 0 unspecified atom stereocenters. The molecule has 0 saturated carbocycles. The Kier molecular flexibility index (Phi) is 5.64. The summed E-state index contributed by atoms with van der Waals surface area (Å²) >= 11 is 1.13. The van der Waals surface area contributed by atoms with Crippen molar-refractivity contribution in [2.24, 2.45) is 5.92 Å². The predicted molar refractivity (Wildman–Crippen MR) is 92.2 cm³/mol. The smallest absolute Gasteiger partial charge is 0.240 e. The van der Waals surface area contributed by atoms with E-state index in [2.05, 4.69) is 5.32 Å². The van der Waals surface area contributed by atoms with E-state index in [1.165, 1.54) is 29.2 Å². The molecule has 0 aromatic heterocycles. The number of hydrogen-bond donors (Lipinski definition) is 1. The Morgan fingerprint density at radius 1 is 1.29 bits per heavy atom. The van der Waals surface area contributed by atoms with Crippen LogP contribution in [0.25, 0.3) is 0 Å². The summed E-state index contributed by atoms with van der Waals surface area (Å²) in [5.41, 5.74) is 0.0168. The highest BCUT2D eigenvalue weighted by Crippen LogP contribution is 2.28. The van der Waals surface area contributed by atoms with Crippen LogP contribution in [0.4, 0.5) is 10.1 Å². The van der Waals surface area contributed by atoms with Crippen molar-refractivity contribution in [2.75, 3.05) is 17.2 Å². The first-order valence-electron chi connectivity index (χ1n) is 7.69. The van der Waals surface area contributed by atoms with Crippen molar-refractivity contribution in [3.8, 4) is 0 Å². The molecule has 0 radical (unpaired) electrons. The molecule has 2 rings (SSSR count). The van der Waals surface area contributed by atoms with Gasteiger partial charge in [0.2, 0.25) is 11.8 Å². The van der Waals surface area contributed by atoms with Gasteiger partial charge < -0.3 is 10.2 Å². The summed E-state index contributed by atoms with van der Waals surface area (Å²) in [5.74, 6) is -1.05. The SMILES string of the molecule is CC(C)(C)NC(=O)CN(C(=O)[C@H]1CSC(=O)C1)c1ccc(F)cc1. The normalized spacial score (nSPS) is 17.7. The minimum Gasteiger partial charge on any atom is -0.350 e. The van der Waals surface area contributed by atoms with Gasteiger partial charge >= 0.3 is 0 Å². The molecular weight excluding hydrogens is 331 g/mol. The molecule has 1 atom stereocenters. The maximum Gasteiger partial charge on any atom is 0.240 e. The highest BCUT2D eigenvalue weighted by Gasteiger charge is 2.34. The zero-order chi connectivity index (χ0) is 17.9. The van der Waals surface area contributed by atoms with Crippen molar-refractivity contribution in [1.29, 1.82) is 0 Å². The Labute approximate surface area is 145 Å². The fraction of sp³-hybridized carbons (Fsp3) is 0.471. The van der Waals surface area contributed by atoms with E-state index in [0.717, 1.165) is 11.8 Å². The number of nitrogens with one attached hydrogen (secondary N) is 1. The number of anilines is 1. The maximum atomic E-state index is 13.2. The number of nitrogens with zero attached hydrogens (tertiary/aromatic N) is 1. The van der Waals surface area contributed by atoms with E-state index in [1.807, 2.05) is 20.8 Å². The second-order valence-electron chi connectivity index (χ2n) is 6.78. The van der Waals surface area contributed by atoms with E-state index in [-0.39, 0.29) is 29.9 Å². The van der Waals surface area contributed by atoms with Crippen LogP contribution in [-0.2, 0) is 14.4 Å². The lowest BCUT2D eigenvalue weighted by Gasteiger charge is -2.27. The first kappa shape index (κ1) is 18.4. The monoisotopic (exact) mass is 352 g/mol. The molecule has 1 N–H and O–H groups in total. The maximum absolute atomic E-state index is 13.2. The van der Waals surface area contributed by atoms with Gasteiger partial charge in [0.05, 0.1) is 5.92 Å². The third kappa shape index (κ3) is 5.06. The molecule has 1 aliphatic heterocycles. The standard InChI is InChI=1S/C17H21FN2O3S/c1-17(2,3)19-14(21)9-20(13-6-4-12(18)5-7-13)16(23)11-8-15(22)24-10-11/h4-7,11H,8-10H2,1-3H3,(H,19,21)/t11-/m1/s1. The van der Waals surface area contributed by atoms with Gasteiger partial charge in [0.1, 0.15) is 12.4 Å². The van der Waals surface area contributed by atoms with Gasteiger partial charge in [-0.3, -0.25) is 14.4 Å². The first-order chi connectivity index (χ1) is 11.2. The van der Waals surface area contributed by atoms with Gasteiger partial charge in [-0.2, -0.15) is 0 Å². The van der Waals surface area contributed by atoms with Crippen molar-refractivity contribution >= 4 is 34.4 Å². The molecule has 7 heteroatoms. The number of rotatable bonds is 4. The van der Waals surface area contributed by atoms with E-state index in [0.29, 0.717) is 11.4 Å². The van der Waals surface area contributed by atoms with E-state index in [1.54, 1.807) is 0 Å². The second-order valence-corrected chi connectivity index (χ2v) is 7.86. The van der Waals surface area contributed by atoms with Crippen LogP contribution in [0.3, 0.4) is 0 Å². The topological polar surface area (TPSA) is 66.5 Å². The number of carbonyl (C=O) groups excluding carboxylic acids is 3. The number of halogens is 1. The summed E-state index contributed by atoms with van der Waals surface area (Å²) in [6.07, 6.45) is 0.169. The largest absolute Gasteiger partial charge is 0.350 e. The van der Waals surface area contributed by atoms with Crippen LogP contribution in [-0.4, -0.2) is 34.8 Å². The zero-order valence-electron chi connectivity index (χ0n) is 14.0. The summed E-state index contributed by atoms with van der Waals surface area (Å²) in [6.45, 7) is 5.38. The number of benzene rings is 1. The summed E-state index contributed by atoms with van der Waals surface area (Å²) < 4.78 is 13.2. The predicted octanol–water partition coefficient (Wildman–Crippen LogP) is 2.35. The number of thioether (sulfide) groups is 1. The van der Waals surface area contributed by atoms with Gasteiger partial charge in [-0.25, -0.2) is 4.39 Å². The average molecular weight is 352 g/mol. The molecule has 2 amide bonds. The highest BCUT2D eigenvalue weighted by atomic mass is 32.2. The highest BCUT2D eigenvalue weighted by molar-refractivity contribution is 8.14. The third-order valence-corrected chi connectivity index (χ3v) is 4.49. The quantitative estimate of drug-likeness (QED) is 0.903. The van der Waals surface area contributed by atoms with Crippen molar-refractivity contribution in [3.63, 3.8) is 0 Å². The van der Waals surface area contributed by atoms with E-state index in [4.69, 9.17) is 0 Å². The average Bonchev–Trinajstić information content (AvgIpc) is 2.90. The molecule has 1 aromatic carbocycles. The zero-order valence-corrected chi connectivity index (χ0v) is 14.8. The van der Waals surface area contributed by atoms with Crippen molar-refractivity contribution < 1.29 is 18.8 Å². The van der Waals surface area contributed by atoms with Crippen molar-refractivity contribution in [1.82, 2.24) is 5.32 Å². The molecule has 1 aliphatic rings. The van der Waals surface area contributed by atoms with Crippen LogP contribution in [0.2, 0.25) is 0 Å². The van der Waals surface area contributed by atoms with Crippen LogP contribution < -0.4 is 10.2 Å². The molecule has 0 aliphatic carbocycles.